The third-order valence-corrected chi connectivity index (χ3v) is 11.1. The molecule has 7 aromatic carbocycles. The normalized spacial score (nSPS) is 14.2. The fraction of sp³-hybridized carbons (Fsp3) is 0.0870. The van der Waals surface area contributed by atoms with Gasteiger partial charge in [0.15, 0.2) is 11.5 Å². The van der Waals surface area contributed by atoms with Crippen molar-refractivity contribution < 1.29 is 4.74 Å². The number of hydrogen-bond donors (Lipinski definition) is 0. The molecule has 0 bridgehead atoms. The highest BCUT2D eigenvalue weighted by molar-refractivity contribution is 6.20. The highest BCUT2D eigenvalue weighted by Crippen LogP contribution is 2.57. The Morgan fingerprint density at radius 2 is 1.31 bits per heavy atom. The Bertz CT molecular complexity index is 2670. The van der Waals surface area contributed by atoms with E-state index in [-0.39, 0.29) is 5.41 Å². The molecule has 3 heterocycles. The van der Waals surface area contributed by atoms with Crippen molar-refractivity contribution in [2.75, 3.05) is 4.90 Å². The summed E-state index contributed by atoms with van der Waals surface area (Å²) in [6, 6.07) is 53.2. The van der Waals surface area contributed by atoms with Crippen LogP contribution in [0.5, 0.6) is 11.5 Å². The summed E-state index contributed by atoms with van der Waals surface area (Å²) in [6.45, 7) is 4.75. The van der Waals surface area contributed by atoms with Crippen molar-refractivity contribution in [1.29, 1.82) is 0 Å². The fourth-order valence-electron chi connectivity index (χ4n) is 9.07. The Balaban J connectivity index is 1.23. The molecular weight excluding hydrogens is 597 g/mol. The first-order valence-electron chi connectivity index (χ1n) is 17.2. The van der Waals surface area contributed by atoms with Gasteiger partial charge in [0.2, 0.25) is 0 Å². The molecule has 0 spiro atoms. The van der Waals surface area contributed by atoms with Crippen LogP contribution >= 0.6 is 0 Å². The Labute approximate surface area is 285 Å². The van der Waals surface area contributed by atoms with E-state index in [0.29, 0.717) is 0 Å². The van der Waals surface area contributed by atoms with Gasteiger partial charge in [-0.05, 0) is 80.9 Å². The molecule has 0 unspecified atom stereocenters. The average molecular weight is 629 g/mol. The van der Waals surface area contributed by atoms with Crippen LogP contribution in [0.4, 0.5) is 17.1 Å². The molecule has 3 aliphatic rings. The Hall–Kier alpha value is -6.06. The number of anilines is 3. The van der Waals surface area contributed by atoms with Crippen molar-refractivity contribution >= 4 is 38.9 Å². The fourth-order valence-corrected chi connectivity index (χ4v) is 9.07. The van der Waals surface area contributed by atoms with Crippen molar-refractivity contribution in [3.8, 4) is 39.4 Å². The van der Waals surface area contributed by atoms with Crippen molar-refractivity contribution in [3.05, 3.63) is 168 Å². The van der Waals surface area contributed by atoms with Gasteiger partial charge in [0.25, 0.3) is 0 Å². The minimum absolute atomic E-state index is 0.184. The van der Waals surface area contributed by atoms with Gasteiger partial charge in [0.1, 0.15) is 0 Å². The summed E-state index contributed by atoms with van der Waals surface area (Å²) in [5.74, 6) is 1.83. The lowest BCUT2D eigenvalue weighted by atomic mass is 9.81. The number of rotatable bonds is 4. The quantitative estimate of drug-likeness (QED) is 0.193. The second kappa shape index (κ2) is 9.52. The van der Waals surface area contributed by atoms with Gasteiger partial charge in [-0.15, -0.1) is 0 Å². The second-order valence-electron chi connectivity index (χ2n) is 14.1. The maximum atomic E-state index is 6.71. The maximum Gasteiger partial charge on any atom is 0.152 e. The molecule has 0 N–H and O–H groups in total. The van der Waals surface area contributed by atoms with E-state index in [9.17, 15) is 0 Å². The van der Waals surface area contributed by atoms with Crippen molar-refractivity contribution in [3.63, 3.8) is 0 Å². The molecule has 232 valence electrons. The molecule has 0 saturated heterocycles. The summed E-state index contributed by atoms with van der Waals surface area (Å²) >= 11 is 0. The molecule has 0 radical (unpaired) electrons. The van der Waals surface area contributed by atoms with Crippen molar-refractivity contribution in [2.45, 2.75) is 25.7 Å². The van der Waals surface area contributed by atoms with E-state index in [4.69, 9.17) is 4.74 Å². The van der Waals surface area contributed by atoms with Crippen LogP contribution < -0.4 is 9.64 Å². The van der Waals surface area contributed by atoms with E-state index in [0.717, 1.165) is 34.8 Å². The smallest absolute Gasteiger partial charge is 0.152 e. The zero-order chi connectivity index (χ0) is 32.4. The number of hydrogen-bond acceptors (Lipinski definition) is 2. The average Bonchev–Trinajstić information content (AvgIpc) is 3.62. The van der Waals surface area contributed by atoms with E-state index in [1.54, 1.807) is 0 Å². The lowest BCUT2D eigenvalue weighted by Crippen LogP contribution is -2.21. The molecular formula is C46H32N2O. The van der Waals surface area contributed by atoms with Crippen LogP contribution in [0.15, 0.2) is 146 Å². The molecule has 3 heteroatoms. The first-order valence-corrected chi connectivity index (χ1v) is 17.2. The molecule has 2 aliphatic heterocycles. The van der Waals surface area contributed by atoms with Crippen LogP contribution in [0.3, 0.4) is 0 Å². The summed E-state index contributed by atoms with van der Waals surface area (Å²) in [4.78, 5) is 2.51. The molecule has 0 fully saturated rings. The third kappa shape index (κ3) is 3.52. The van der Waals surface area contributed by atoms with Crippen LogP contribution in [0.25, 0.3) is 49.7 Å². The molecule has 0 atom stereocenters. The van der Waals surface area contributed by atoms with E-state index in [2.05, 4.69) is 169 Å². The van der Waals surface area contributed by atoms with E-state index < -0.39 is 0 Å². The van der Waals surface area contributed by atoms with Gasteiger partial charge in [-0.25, -0.2) is 0 Å². The molecule has 3 nitrogen and oxygen atoms in total. The first-order chi connectivity index (χ1) is 24.1. The Kier molecular flexibility index (Phi) is 5.23. The summed E-state index contributed by atoms with van der Waals surface area (Å²) in [5.41, 5.74) is 17.3. The number of para-hydroxylation sites is 2. The topological polar surface area (TPSA) is 17.4 Å². The number of aromatic nitrogens is 1. The molecule has 49 heavy (non-hydrogen) atoms. The second-order valence-corrected chi connectivity index (χ2v) is 14.1. The predicted molar refractivity (Wildman–Crippen MR) is 201 cm³/mol. The largest absolute Gasteiger partial charge is 0.453 e. The number of benzene rings is 7. The highest BCUT2D eigenvalue weighted by Gasteiger charge is 2.40. The van der Waals surface area contributed by atoms with Crippen LogP contribution in [0.1, 0.15) is 36.1 Å². The SMILES string of the molecule is CC1(C)c2ccccc2-c2cccc(N(c3ccc(-c4ccccc4)cc3)c3ccc4c5c3c3cccc6c3n5-c3c(cccc3O4)C6)c21. The van der Waals surface area contributed by atoms with Gasteiger partial charge in [0.05, 0.1) is 28.1 Å². The Morgan fingerprint density at radius 1 is 0.571 bits per heavy atom. The maximum absolute atomic E-state index is 6.71. The highest BCUT2D eigenvalue weighted by atomic mass is 16.5. The summed E-state index contributed by atoms with van der Waals surface area (Å²) in [7, 11) is 0. The molecule has 1 aliphatic carbocycles. The minimum Gasteiger partial charge on any atom is -0.453 e. The minimum atomic E-state index is -0.184. The van der Waals surface area contributed by atoms with Gasteiger partial charge < -0.3 is 14.2 Å². The lowest BCUT2D eigenvalue weighted by Gasteiger charge is -2.33. The van der Waals surface area contributed by atoms with Crippen LogP contribution in [-0.2, 0) is 11.8 Å². The van der Waals surface area contributed by atoms with Gasteiger partial charge in [-0.2, -0.15) is 0 Å². The van der Waals surface area contributed by atoms with E-state index in [1.165, 1.54) is 72.2 Å². The summed E-state index contributed by atoms with van der Waals surface area (Å²) < 4.78 is 9.20. The van der Waals surface area contributed by atoms with Gasteiger partial charge >= 0.3 is 0 Å². The number of ether oxygens (including phenoxy) is 1. The van der Waals surface area contributed by atoms with Gasteiger partial charge in [0, 0.05) is 28.3 Å². The molecule has 1 aromatic heterocycles. The van der Waals surface area contributed by atoms with Crippen molar-refractivity contribution in [1.82, 2.24) is 4.57 Å². The standard InChI is InChI=1S/C46H32N2O/c1-46(2)36-18-7-6-15-33(36)34-16-10-19-38(42(34)46)47(32-23-21-29(22-24-32)28-11-4-3-5-12-28)37-25-26-40-45-41(37)35-17-8-13-30-27-31-14-9-20-39(49-40)44(31)48(45)43(30)35/h3-26H,27H2,1-2H3. The zero-order valence-corrected chi connectivity index (χ0v) is 27.4. The monoisotopic (exact) mass is 628 g/mol. The summed E-state index contributed by atoms with van der Waals surface area (Å²) in [6.07, 6.45) is 0.897. The zero-order valence-electron chi connectivity index (χ0n) is 27.4. The Morgan fingerprint density at radius 3 is 2.18 bits per heavy atom. The number of fused-ring (bicyclic) bond motifs is 4. The van der Waals surface area contributed by atoms with E-state index in [1.807, 2.05) is 0 Å². The number of nitrogens with zero attached hydrogens (tertiary/aromatic N) is 2. The lowest BCUT2D eigenvalue weighted by molar-refractivity contribution is 0.475. The molecule has 8 aromatic rings. The van der Waals surface area contributed by atoms with Crippen LogP contribution in [0, 0.1) is 0 Å². The van der Waals surface area contributed by atoms with Crippen LogP contribution in [-0.4, -0.2) is 4.57 Å². The van der Waals surface area contributed by atoms with E-state index >= 15 is 0 Å². The van der Waals surface area contributed by atoms with Crippen LogP contribution in [0.2, 0.25) is 0 Å². The molecule has 0 saturated carbocycles. The van der Waals surface area contributed by atoms with Crippen molar-refractivity contribution in [2.24, 2.45) is 0 Å². The predicted octanol–water partition coefficient (Wildman–Crippen LogP) is 12.2. The molecule has 11 rings (SSSR count). The van der Waals surface area contributed by atoms with Gasteiger partial charge in [-0.1, -0.05) is 123 Å². The third-order valence-electron chi connectivity index (χ3n) is 11.1. The first kappa shape index (κ1) is 26.9. The summed E-state index contributed by atoms with van der Waals surface area (Å²) in [5, 5.41) is 2.48. The molecule has 0 amide bonds. The van der Waals surface area contributed by atoms with Gasteiger partial charge in [-0.3, -0.25) is 0 Å².